The summed E-state index contributed by atoms with van der Waals surface area (Å²) in [7, 11) is 1.87. The van der Waals surface area contributed by atoms with E-state index in [1.807, 2.05) is 44.0 Å². The van der Waals surface area contributed by atoms with E-state index in [1.165, 1.54) is 5.56 Å². The number of rotatable bonds is 2. The van der Waals surface area contributed by atoms with Crippen LogP contribution in [-0.2, 0) is 4.79 Å². The summed E-state index contributed by atoms with van der Waals surface area (Å²) in [6, 6.07) is 5.57. The Labute approximate surface area is 108 Å². The molecule has 98 valence electrons. The summed E-state index contributed by atoms with van der Waals surface area (Å²) in [5, 5.41) is 9.33. The molecule has 2 rings (SSSR count). The van der Waals surface area contributed by atoms with Gasteiger partial charge in [0.2, 0.25) is 5.91 Å². The Hall–Kier alpha value is -1.39. The zero-order valence-corrected chi connectivity index (χ0v) is 11.2. The summed E-state index contributed by atoms with van der Waals surface area (Å²) in [6.45, 7) is 5.41. The lowest BCUT2D eigenvalue weighted by Crippen LogP contribution is -2.57. The van der Waals surface area contributed by atoms with E-state index in [0.717, 1.165) is 17.8 Å². The number of aliphatic hydroxyl groups is 1. The molecule has 1 unspecified atom stereocenters. The Morgan fingerprint density at radius 3 is 2.72 bits per heavy atom. The standard InChI is InChI=1S/C14H20N2O2/c1-10-5-4-6-12(11(10)2)16-8-7-15(3)13(9-17)14(16)18/h4-6,13,17H,7-9H2,1-3H3. The number of hydrogen-bond donors (Lipinski definition) is 1. The second kappa shape index (κ2) is 5.08. The Kier molecular flexibility index (Phi) is 3.68. The summed E-state index contributed by atoms with van der Waals surface area (Å²) >= 11 is 0. The second-order valence-corrected chi connectivity index (χ2v) is 4.89. The number of carbonyl (C=O) groups is 1. The molecule has 4 nitrogen and oxygen atoms in total. The first-order valence-electron chi connectivity index (χ1n) is 6.25. The summed E-state index contributed by atoms with van der Waals surface area (Å²) in [5.41, 5.74) is 3.28. The minimum Gasteiger partial charge on any atom is -0.394 e. The highest BCUT2D eigenvalue weighted by atomic mass is 16.3. The van der Waals surface area contributed by atoms with Gasteiger partial charge in [0.25, 0.3) is 0 Å². The predicted molar refractivity (Wildman–Crippen MR) is 71.8 cm³/mol. The largest absolute Gasteiger partial charge is 0.394 e. The molecule has 4 heteroatoms. The third-order valence-electron chi connectivity index (χ3n) is 3.80. The van der Waals surface area contributed by atoms with Crippen molar-refractivity contribution < 1.29 is 9.90 Å². The van der Waals surface area contributed by atoms with E-state index in [2.05, 4.69) is 0 Å². The maximum atomic E-state index is 12.4. The summed E-state index contributed by atoms with van der Waals surface area (Å²) in [5.74, 6) is -0.0139. The molecule has 0 aromatic heterocycles. The molecule has 18 heavy (non-hydrogen) atoms. The van der Waals surface area contributed by atoms with Gasteiger partial charge in [-0.25, -0.2) is 0 Å². The fraction of sp³-hybridized carbons (Fsp3) is 0.500. The molecule has 1 aliphatic rings. The highest BCUT2D eigenvalue weighted by Gasteiger charge is 2.33. The Morgan fingerprint density at radius 1 is 1.33 bits per heavy atom. The fourth-order valence-electron chi connectivity index (χ4n) is 2.38. The van der Waals surface area contributed by atoms with Gasteiger partial charge in [0.15, 0.2) is 0 Å². The van der Waals surface area contributed by atoms with Crippen LogP contribution in [0.3, 0.4) is 0 Å². The Balaban J connectivity index is 2.34. The van der Waals surface area contributed by atoms with Crippen LogP contribution in [0.4, 0.5) is 5.69 Å². The Morgan fingerprint density at radius 2 is 2.06 bits per heavy atom. The van der Waals surface area contributed by atoms with Crippen LogP contribution >= 0.6 is 0 Å². The van der Waals surface area contributed by atoms with Crippen LogP contribution in [0.2, 0.25) is 0 Å². The van der Waals surface area contributed by atoms with Gasteiger partial charge < -0.3 is 10.0 Å². The highest BCUT2D eigenvalue weighted by Crippen LogP contribution is 2.25. The number of aliphatic hydroxyl groups excluding tert-OH is 1. The molecule has 1 atom stereocenters. The van der Waals surface area contributed by atoms with Gasteiger partial charge in [-0.1, -0.05) is 12.1 Å². The van der Waals surface area contributed by atoms with Crippen molar-refractivity contribution in [2.45, 2.75) is 19.9 Å². The van der Waals surface area contributed by atoms with E-state index >= 15 is 0 Å². The number of benzene rings is 1. The van der Waals surface area contributed by atoms with Crippen molar-refractivity contribution in [3.05, 3.63) is 29.3 Å². The van der Waals surface area contributed by atoms with Gasteiger partial charge in [-0.3, -0.25) is 9.69 Å². The van der Waals surface area contributed by atoms with Gasteiger partial charge >= 0.3 is 0 Å². The first-order chi connectivity index (χ1) is 8.56. The van der Waals surface area contributed by atoms with E-state index in [4.69, 9.17) is 0 Å². The molecule has 1 saturated heterocycles. The molecule has 0 saturated carbocycles. The zero-order valence-electron chi connectivity index (χ0n) is 11.2. The van der Waals surface area contributed by atoms with Crippen molar-refractivity contribution >= 4 is 11.6 Å². The lowest BCUT2D eigenvalue weighted by molar-refractivity contribution is -0.126. The van der Waals surface area contributed by atoms with Crippen LogP contribution in [0.15, 0.2) is 18.2 Å². The molecule has 1 fully saturated rings. The molecular weight excluding hydrogens is 228 g/mol. The topological polar surface area (TPSA) is 43.8 Å². The number of nitrogens with zero attached hydrogens (tertiary/aromatic N) is 2. The van der Waals surface area contributed by atoms with E-state index in [1.54, 1.807) is 4.90 Å². The van der Waals surface area contributed by atoms with Gasteiger partial charge in [-0.2, -0.15) is 0 Å². The smallest absolute Gasteiger partial charge is 0.246 e. The van der Waals surface area contributed by atoms with Crippen molar-refractivity contribution in [1.82, 2.24) is 4.90 Å². The van der Waals surface area contributed by atoms with Crippen molar-refractivity contribution in [3.63, 3.8) is 0 Å². The van der Waals surface area contributed by atoms with Gasteiger partial charge in [-0.05, 0) is 38.1 Å². The van der Waals surface area contributed by atoms with Crippen LogP contribution in [0.25, 0.3) is 0 Å². The van der Waals surface area contributed by atoms with Crippen molar-refractivity contribution in [1.29, 1.82) is 0 Å². The molecule has 0 bridgehead atoms. The molecule has 1 heterocycles. The van der Waals surface area contributed by atoms with E-state index in [9.17, 15) is 9.90 Å². The summed E-state index contributed by atoms with van der Waals surface area (Å²) in [6.07, 6.45) is 0. The van der Waals surface area contributed by atoms with E-state index in [-0.39, 0.29) is 12.5 Å². The molecule has 1 amide bonds. The summed E-state index contributed by atoms with van der Waals surface area (Å²) < 4.78 is 0. The van der Waals surface area contributed by atoms with Crippen LogP contribution in [0.5, 0.6) is 0 Å². The zero-order chi connectivity index (χ0) is 13.3. The quantitative estimate of drug-likeness (QED) is 0.847. The molecule has 1 aromatic carbocycles. The van der Waals surface area contributed by atoms with Gasteiger partial charge in [0.1, 0.15) is 6.04 Å². The number of likely N-dealkylation sites (N-methyl/N-ethyl adjacent to an activating group) is 1. The lowest BCUT2D eigenvalue weighted by Gasteiger charge is -2.38. The minimum absolute atomic E-state index is 0.0139. The normalized spacial score (nSPS) is 21.4. The monoisotopic (exact) mass is 248 g/mol. The lowest BCUT2D eigenvalue weighted by atomic mass is 10.0. The first-order valence-corrected chi connectivity index (χ1v) is 6.25. The number of piperazine rings is 1. The fourth-order valence-corrected chi connectivity index (χ4v) is 2.38. The third-order valence-corrected chi connectivity index (χ3v) is 3.80. The summed E-state index contributed by atoms with van der Waals surface area (Å²) in [4.78, 5) is 16.1. The van der Waals surface area contributed by atoms with Gasteiger partial charge in [-0.15, -0.1) is 0 Å². The second-order valence-electron chi connectivity index (χ2n) is 4.89. The number of aryl methyl sites for hydroxylation is 1. The average Bonchev–Trinajstić information content (AvgIpc) is 2.34. The Bertz CT molecular complexity index is 459. The van der Waals surface area contributed by atoms with Crippen LogP contribution in [0.1, 0.15) is 11.1 Å². The van der Waals surface area contributed by atoms with Gasteiger partial charge in [0.05, 0.1) is 6.61 Å². The number of amides is 1. The van der Waals surface area contributed by atoms with Crippen LogP contribution in [-0.4, -0.2) is 48.7 Å². The number of carbonyl (C=O) groups excluding carboxylic acids is 1. The first kappa shape index (κ1) is 13.1. The molecule has 1 aliphatic heterocycles. The van der Waals surface area contributed by atoms with Crippen molar-refractivity contribution in [3.8, 4) is 0 Å². The number of hydrogen-bond acceptors (Lipinski definition) is 3. The SMILES string of the molecule is Cc1cccc(N2CCN(C)C(CO)C2=O)c1C. The third kappa shape index (κ3) is 2.13. The van der Waals surface area contributed by atoms with Gasteiger partial charge in [0, 0.05) is 18.8 Å². The minimum atomic E-state index is -0.418. The molecule has 0 aliphatic carbocycles. The molecular formula is C14H20N2O2. The van der Waals surface area contributed by atoms with Crippen LogP contribution in [0, 0.1) is 13.8 Å². The highest BCUT2D eigenvalue weighted by molar-refractivity contribution is 5.98. The van der Waals surface area contributed by atoms with E-state index < -0.39 is 6.04 Å². The molecule has 0 radical (unpaired) electrons. The molecule has 1 N–H and O–H groups in total. The van der Waals surface area contributed by atoms with Crippen molar-refractivity contribution in [2.24, 2.45) is 0 Å². The molecule has 0 spiro atoms. The number of anilines is 1. The maximum Gasteiger partial charge on any atom is 0.246 e. The molecule has 1 aromatic rings. The van der Waals surface area contributed by atoms with Crippen molar-refractivity contribution in [2.75, 3.05) is 31.6 Å². The maximum absolute atomic E-state index is 12.4. The average molecular weight is 248 g/mol. The van der Waals surface area contributed by atoms with Crippen LogP contribution < -0.4 is 4.90 Å². The predicted octanol–water partition coefficient (Wildman–Crippen LogP) is 0.943. The van der Waals surface area contributed by atoms with E-state index in [0.29, 0.717) is 6.54 Å².